The van der Waals surface area contributed by atoms with Crippen LogP contribution in [0.15, 0.2) is 0 Å². The normalized spacial score (nSPS) is 11.7. The van der Waals surface area contributed by atoms with Crippen molar-refractivity contribution in [3.63, 3.8) is 0 Å². The van der Waals surface area contributed by atoms with E-state index in [0.29, 0.717) is 183 Å². The van der Waals surface area contributed by atoms with Gasteiger partial charge in [0, 0.05) is 84.1 Å². The topological polar surface area (TPSA) is 349 Å². The number of carbonyl (C=O) groups excluding carboxylic acids is 7. The number of hydrogen-bond donors (Lipinski definition) is 8. The molecular formula is C78H148N6O20. The fraction of sp³-hybridized carbons (Fsp3) is 0.885. The Kier molecular flexibility index (Phi) is 79.9. The number of carbonyl (C=O) groups is 9. The lowest BCUT2D eigenvalue weighted by Crippen LogP contribution is -2.41. The lowest BCUT2D eigenvalue weighted by molar-refractivity contribution is -0.144. The summed E-state index contributed by atoms with van der Waals surface area (Å²) in [5, 5.41) is 35.6. The summed E-state index contributed by atoms with van der Waals surface area (Å²) in [7, 11) is 0. The number of hydrogen-bond acceptors (Lipinski definition) is 18. The van der Waals surface area contributed by atoms with E-state index < -0.39 is 29.8 Å². The van der Waals surface area contributed by atoms with Gasteiger partial charge in [-0.15, -0.1) is 0 Å². The maximum Gasteiger partial charge on any atom is 0.326 e. The highest BCUT2D eigenvalue weighted by atomic mass is 16.6. The van der Waals surface area contributed by atoms with Gasteiger partial charge < -0.3 is 84.7 Å². The molecule has 0 saturated heterocycles. The summed E-state index contributed by atoms with van der Waals surface area (Å²) in [4.78, 5) is 106. The van der Waals surface area contributed by atoms with Gasteiger partial charge in [-0.1, -0.05) is 188 Å². The van der Waals surface area contributed by atoms with E-state index in [2.05, 4.69) is 45.7 Å². The quantitative estimate of drug-likeness (QED) is 0.0262. The van der Waals surface area contributed by atoms with Crippen LogP contribution < -0.4 is 31.9 Å². The van der Waals surface area contributed by atoms with Crippen LogP contribution in [-0.4, -0.2) is 221 Å². The van der Waals surface area contributed by atoms with Crippen molar-refractivity contribution in [3.05, 3.63) is 0 Å². The van der Waals surface area contributed by atoms with E-state index in [4.69, 9.17) is 42.6 Å². The maximum atomic E-state index is 12.3. The minimum atomic E-state index is -1.09. The average Bonchev–Trinajstić information content (AvgIpc) is 0.976. The van der Waals surface area contributed by atoms with Crippen LogP contribution in [0.2, 0.25) is 0 Å². The molecule has 0 aliphatic heterocycles. The largest absolute Gasteiger partial charge is 0.481 e. The Labute approximate surface area is 626 Å². The highest BCUT2D eigenvalue weighted by Crippen LogP contribution is 2.18. The summed E-state index contributed by atoms with van der Waals surface area (Å²) in [5.74, 6) is -3.24. The molecule has 0 aliphatic rings. The van der Waals surface area contributed by atoms with Crippen LogP contribution in [0.3, 0.4) is 0 Å². The molecule has 104 heavy (non-hydrogen) atoms. The molecule has 26 nitrogen and oxygen atoms in total. The van der Waals surface area contributed by atoms with Gasteiger partial charge in [-0.3, -0.25) is 38.4 Å². The number of amides is 6. The highest BCUT2D eigenvalue weighted by molar-refractivity contribution is 5.84. The predicted octanol–water partition coefficient (Wildman–Crippen LogP) is 11.2. The highest BCUT2D eigenvalue weighted by Gasteiger charge is 2.22. The second kappa shape index (κ2) is 82.1. The van der Waals surface area contributed by atoms with E-state index >= 15 is 0 Å². The number of unbranched alkanes of at least 4 members (excludes halogenated alkanes) is 26. The molecule has 0 radical (unpaired) electrons. The minimum Gasteiger partial charge on any atom is -0.481 e. The summed E-state index contributed by atoms with van der Waals surface area (Å²) < 4.78 is 48.6. The van der Waals surface area contributed by atoms with E-state index in [0.717, 1.165) is 32.1 Å². The van der Waals surface area contributed by atoms with Gasteiger partial charge in [0.15, 0.2) is 0 Å². The number of carboxylic acid groups (broad SMARTS) is 2. The van der Waals surface area contributed by atoms with Crippen molar-refractivity contribution in [1.29, 1.82) is 0 Å². The first-order valence-electron chi connectivity index (χ1n) is 40.5. The van der Waals surface area contributed by atoms with E-state index in [1.54, 1.807) is 13.8 Å². The molecule has 0 saturated carbocycles. The van der Waals surface area contributed by atoms with Gasteiger partial charge in [-0.25, -0.2) is 4.79 Å². The number of nitrogens with one attached hydrogen (secondary N) is 6. The SMILES string of the molecule is CCCCCCCCCCCCCC(=O)CC(CCCCNC(=O)CCOCCOCCOCCOCCOCCNC(=O)CC)C(=O)O.CCCCCCCCCCCCCCCCCC(=O)NCCCCC(NC(=O)CCOCCOCCNC(=O)CCOCCOCCNC(=O)CC)C(=O)O. The summed E-state index contributed by atoms with van der Waals surface area (Å²) in [6.07, 6.45) is 38.6. The number of Topliss-reactive ketones (excluding diaryl/α,β-unsaturated/α-hetero) is 1. The molecule has 2 atom stereocenters. The van der Waals surface area contributed by atoms with Crippen molar-refractivity contribution in [3.8, 4) is 0 Å². The molecule has 0 aromatic carbocycles. The van der Waals surface area contributed by atoms with Crippen molar-refractivity contribution in [1.82, 2.24) is 31.9 Å². The van der Waals surface area contributed by atoms with Crippen LogP contribution in [0.25, 0.3) is 0 Å². The van der Waals surface area contributed by atoms with Crippen LogP contribution in [0.5, 0.6) is 0 Å². The van der Waals surface area contributed by atoms with Crippen molar-refractivity contribution < 1.29 is 96.0 Å². The molecule has 0 aromatic heterocycles. The Hall–Kier alpha value is -4.93. The fourth-order valence-corrected chi connectivity index (χ4v) is 10.7. The van der Waals surface area contributed by atoms with Gasteiger partial charge in [0.1, 0.15) is 11.8 Å². The average molecular weight is 1490 g/mol. The molecule has 0 heterocycles. The lowest BCUT2D eigenvalue weighted by Gasteiger charge is -2.15. The first-order chi connectivity index (χ1) is 50.7. The number of rotatable bonds is 81. The smallest absolute Gasteiger partial charge is 0.326 e. The van der Waals surface area contributed by atoms with E-state index in [1.807, 2.05) is 0 Å². The number of ketones is 1. The van der Waals surface area contributed by atoms with Crippen LogP contribution in [0.4, 0.5) is 0 Å². The second-order valence-corrected chi connectivity index (χ2v) is 26.4. The standard InChI is InChI=1S/C41H78N4O10.C37H70N2O10/c1-3-5-6-7-8-9-10-11-12-13-14-15-16-17-18-22-38(47)42-25-20-19-21-36(41(50)51)45-40(49)24-29-53-33-35-55-31-27-44-39(48)23-28-52-32-34-54-30-26-43-37(46)4-2;1-3-5-6-7-8-9-10-11-12-13-14-18-34(40)32-33(37(43)44)17-15-16-20-38-36(42)19-22-45-24-26-47-28-30-49-31-29-48-27-25-46-23-21-39-35(41)4-2/h36H,3-35H2,1-2H3,(H,42,47)(H,43,46)(H,44,48)(H,45,49)(H,50,51);33H,3-32H2,1-2H3,(H,38,42)(H,39,41)(H,43,44). The molecule has 26 heteroatoms. The molecule has 610 valence electrons. The number of carboxylic acids is 2. The monoisotopic (exact) mass is 1490 g/mol. The van der Waals surface area contributed by atoms with Gasteiger partial charge in [-0.2, -0.15) is 0 Å². The van der Waals surface area contributed by atoms with Crippen LogP contribution in [0.1, 0.15) is 285 Å². The molecule has 0 spiro atoms. The van der Waals surface area contributed by atoms with Crippen molar-refractivity contribution in [2.75, 3.05) is 152 Å². The zero-order valence-electron chi connectivity index (χ0n) is 65.4. The molecule has 8 N–H and O–H groups in total. The third-order valence-electron chi connectivity index (χ3n) is 17.1. The van der Waals surface area contributed by atoms with Gasteiger partial charge >= 0.3 is 11.9 Å². The first-order valence-corrected chi connectivity index (χ1v) is 40.5. The molecule has 0 fully saturated rings. The zero-order valence-corrected chi connectivity index (χ0v) is 65.4. The molecule has 0 rings (SSSR count). The second-order valence-electron chi connectivity index (χ2n) is 26.4. The Morgan fingerprint density at radius 3 is 0.875 bits per heavy atom. The summed E-state index contributed by atoms with van der Waals surface area (Å²) in [6.45, 7) is 17.1. The maximum absolute atomic E-state index is 12.3. The van der Waals surface area contributed by atoms with Gasteiger partial charge in [-0.05, 0) is 44.9 Å². The van der Waals surface area contributed by atoms with Crippen LogP contribution in [0, 0.1) is 5.92 Å². The number of ether oxygens (including phenoxy) is 9. The third kappa shape index (κ3) is 79.6. The zero-order chi connectivity index (χ0) is 76.5. The minimum absolute atomic E-state index is 0.0128. The Bertz CT molecular complexity index is 2030. The lowest BCUT2D eigenvalue weighted by atomic mass is 9.94. The van der Waals surface area contributed by atoms with E-state index in [1.165, 1.54) is 135 Å². The fourth-order valence-electron chi connectivity index (χ4n) is 10.7. The van der Waals surface area contributed by atoms with Gasteiger partial charge in [0.2, 0.25) is 35.4 Å². The Balaban J connectivity index is 0. The number of aliphatic carboxylic acids is 2. The molecule has 2 unspecified atom stereocenters. The first kappa shape index (κ1) is 101. The van der Waals surface area contributed by atoms with E-state index in [9.17, 15) is 53.4 Å². The third-order valence-corrected chi connectivity index (χ3v) is 17.1. The van der Waals surface area contributed by atoms with Gasteiger partial charge in [0.05, 0.1) is 125 Å². The van der Waals surface area contributed by atoms with E-state index in [-0.39, 0.29) is 93.9 Å². The van der Waals surface area contributed by atoms with Gasteiger partial charge in [0.25, 0.3) is 0 Å². The van der Waals surface area contributed by atoms with Crippen LogP contribution in [-0.2, 0) is 85.8 Å². The van der Waals surface area contributed by atoms with Crippen molar-refractivity contribution in [2.24, 2.45) is 5.92 Å². The Morgan fingerprint density at radius 2 is 0.538 bits per heavy atom. The van der Waals surface area contributed by atoms with Crippen LogP contribution >= 0.6 is 0 Å². The predicted molar refractivity (Wildman–Crippen MR) is 405 cm³/mol. The molecule has 0 aromatic rings. The Morgan fingerprint density at radius 1 is 0.260 bits per heavy atom. The molecule has 0 aliphatic carbocycles. The molecule has 6 amide bonds. The van der Waals surface area contributed by atoms with Crippen molar-refractivity contribution in [2.45, 2.75) is 291 Å². The summed E-state index contributed by atoms with van der Waals surface area (Å²) in [5.41, 5.74) is 0. The molecular weight excluding hydrogens is 1340 g/mol. The molecule has 0 bridgehead atoms. The summed E-state index contributed by atoms with van der Waals surface area (Å²) >= 11 is 0. The summed E-state index contributed by atoms with van der Waals surface area (Å²) in [6, 6.07) is -0.987. The van der Waals surface area contributed by atoms with Crippen molar-refractivity contribution >= 4 is 53.2 Å².